The molecule has 2 nitrogen and oxygen atoms in total. The minimum Gasteiger partial charge on any atom is -0.346 e. The second kappa shape index (κ2) is 6.62. The topological polar surface area (TPSA) is 20.3 Å². The third-order valence-corrected chi connectivity index (χ3v) is 3.90. The van der Waals surface area contributed by atoms with Crippen LogP contribution in [0, 0.1) is 17.8 Å². The summed E-state index contributed by atoms with van der Waals surface area (Å²) in [5.41, 5.74) is 0. The van der Waals surface area contributed by atoms with E-state index >= 15 is 0 Å². The Labute approximate surface area is 113 Å². The van der Waals surface area contributed by atoms with Crippen LogP contribution in [0.2, 0.25) is 0 Å². The lowest BCUT2D eigenvalue weighted by molar-refractivity contribution is -0.187. The summed E-state index contributed by atoms with van der Waals surface area (Å²) in [4.78, 5) is 13.7. The van der Waals surface area contributed by atoms with Crippen molar-refractivity contribution < 1.29 is 18.0 Å². The van der Waals surface area contributed by atoms with Gasteiger partial charge in [-0.15, -0.1) is 0 Å². The Morgan fingerprint density at radius 1 is 1.32 bits per heavy atom. The van der Waals surface area contributed by atoms with Gasteiger partial charge in [-0.3, -0.25) is 4.79 Å². The van der Waals surface area contributed by atoms with E-state index in [1.165, 1.54) is 0 Å². The summed E-state index contributed by atoms with van der Waals surface area (Å²) in [7, 11) is 1.70. The van der Waals surface area contributed by atoms with E-state index in [4.69, 9.17) is 0 Å². The first-order valence-electron chi connectivity index (χ1n) is 7.03. The number of nitrogens with zero attached hydrogens (tertiary/aromatic N) is 1. The molecule has 19 heavy (non-hydrogen) atoms. The summed E-state index contributed by atoms with van der Waals surface area (Å²) in [6, 6.07) is 0. The molecule has 2 atom stereocenters. The molecule has 0 aromatic carbocycles. The van der Waals surface area contributed by atoms with E-state index in [2.05, 4.69) is 13.8 Å². The van der Waals surface area contributed by atoms with Gasteiger partial charge in [-0.05, 0) is 31.6 Å². The smallest absolute Gasteiger partial charge is 0.346 e. The Hall–Kier alpha value is -0.740. The molecule has 1 amide bonds. The van der Waals surface area contributed by atoms with E-state index < -0.39 is 18.0 Å². The lowest BCUT2D eigenvalue weighted by atomic mass is 9.80. The zero-order chi connectivity index (χ0) is 14.6. The van der Waals surface area contributed by atoms with E-state index in [9.17, 15) is 18.0 Å². The maximum absolute atomic E-state index is 12.7. The molecule has 0 heterocycles. The van der Waals surface area contributed by atoms with E-state index in [1.807, 2.05) is 0 Å². The van der Waals surface area contributed by atoms with Crippen LogP contribution in [0.15, 0.2) is 0 Å². The number of hydrogen-bond donors (Lipinski definition) is 0. The highest BCUT2D eigenvalue weighted by atomic mass is 19.4. The van der Waals surface area contributed by atoms with Crippen LogP contribution in [0.25, 0.3) is 0 Å². The van der Waals surface area contributed by atoms with Gasteiger partial charge in [-0.1, -0.05) is 20.3 Å². The van der Waals surface area contributed by atoms with Crippen LogP contribution in [0.1, 0.15) is 46.0 Å². The lowest BCUT2D eigenvalue weighted by Gasteiger charge is -2.32. The summed E-state index contributed by atoms with van der Waals surface area (Å²) >= 11 is 0. The number of amides is 1. The molecule has 1 saturated carbocycles. The first-order chi connectivity index (χ1) is 8.71. The molecule has 5 heteroatoms. The fourth-order valence-electron chi connectivity index (χ4n) is 2.59. The second-order valence-electron chi connectivity index (χ2n) is 6.04. The van der Waals surface area contributed by atoms with Gasteiger partial charge in [0, 0.05) is 19.5 Å². The number of hydrogen-bond acceptors (Lipinski definition) is 1. The third kappa shape index (κ3) is 5.03. The Morgan fingerprint density at radius 3 is 2.47 bits per heavy atom. The Kier molecular flexibility index (Phi) is 5.68. The molecule has 0 radical (unpaired) electrons. The Balaban J connectivity index is 2.52. The third-order valence-electron chi connectivity index (χ3n) is 3.90. The van der Waals surface area contributed by atoms with Crippen molar-refractivity contribution in [2.45, 2.75) is 52.1 Å². The van der Waals surface area contributed by atoms with Crippen LogP contribution in [-0.2, 0) is 4.79 Å². The first-order valence-corrected chi connectivity index (χ1v) is 7.03. The van der Waals surface area contributed by atoms with Crippen molar-refractivity contribution in [1.29, 1.82) is 0 Å². The molecular weight excluding hydrogens is 255 g/mol. The molecule has 1 aliphatic carbocycles. The van der Waals surface area contributed by atoms with Gasteiger partial charge in [0.25, 0.3) is 0 Å². The van der Waals surface area contributed by atoms with Crippen LogP contribution in [0.3, 0.4) is 0 Å². The van der Waals surface area contributed by atoms with Crippen LogP contribution in [0.5, 0.6) is 0 Å². The Morgan fingerprint density at radius 2 is 1.95 bits per heavy atom. The van der Waals surface area contributed by atoms with Crippen molar-refractivity contribution in [3.63, 3.8) is 0 Å². The minimum absolute atomic E-state index is 0.0334. The SMILES string of the molecule is CC(C)CCN(C)C(=O)[C@H]1CCC[C@H](C(F)(F)F)C1. The molecule has 0 N–H and O–H groups in total. The molecule has 0 aromatic rings. The molecular formula is C14H24F3NO. The molecule has 0 aliphatic heterocycles. The summed E-state index contributed by atoms with van der Waals surface area (Å²) in [6.45, 7) is 4.76. The largest absolute Gasteiger partial charge is 0.391 e. The normalized spacial score (nSPS) is 24.6. The summed E-state index contributed by atoms with van der Waals surface area (Å²) < 4.78 is 38.1. The number of carbonyl (C=O) groups is 1. The zero-order valence-electron chi connectivity index (χ0n) is 12.0. The molecule has 0 unspecified atom stereocenters. The van der Waals surface area contributed by atoms with Gasteiger partial charge >= 0.3 is 6.18 Å². The fraction of sp³-hybridized carbons (Fsp3) is 0.929. The predicted octanol–water partition coefficient (Wildman–Crippen LogP) is 3.86. The summed E-state index contributed by atoms with van der Waals surface area (Å²) in [6.07, 6.45) is -2.04. The van der Waals surface area contributed by atoms with Crippen LogP contribution >= 0.6 is 0 Å². The van der Waals surface area contributed by atoms with Gasteiger partial charge in [-0.25, -0.2) is 0 Å². The maximum Gasteiger partial charge on any atom is 0.391 e. The van der Waals surface area contributed by atoms with E-state index in [0.717, 1.165) is 6.42 Å². The van der Waals surface area contributed by atoms with E-state index in [0.29, 0.717) is 25.3 Å². The van der Waals surface area contributed by atoms with Crippen molar-refractivity contribution in [2.24, 2.45) is 17.8 Å². The average Bonchev–Trinajstić information content (AvgIpc) is 2.34. The van der Waals surface area contributed by atoms with Gasteiger partial charge in [0.2, 0.25) is 5.91 Å². The molecule has 0 aromatic heterocycles. The molecule has 0 spiro atoms. The monoisotopic (exact) mass is 279 g/mol. The predicted molar refractivity (Wildman–Crippen MR) is 68.6 cm³/mol. The maximum atomic E-state index is 12.7. The Bertz CT molecular complexity index is 302. The van der Waals surface area contributed by atoms with Crippen LogP contribution in [-0.4, -0.2) is 30.6 Å². The average molecular weight is 279 g/mol. The molecule has 0 saturated heterocycles. The van der Waals surface area contributed by atoms with E-state index in [1.54, 1.807) is 11.9 Å². The lowest BCUT2D eigenvalue weighted by Crippen LogP contribution is -2.39. The van der Waals surface area contributed by atoms with Crippen LogP contribution in [0.4, 0.5) is 13.2 Å². The second-order valence-corrected chi connectivity index (χ2v) is 6.04. The molecule has 1 rings (SSSR count). The summed E-state index contributed by atoms with van der Waals surface area (Å²) in [5.74, 6) is -1.37. The number of carbonyl (C=O) groups excluding carboxylic acids is 1. The minimum atomic E-state index is -4.16. The van der Waals surface area contributed by atoms with Crippen LogP contribution < -0.4 is 0 Å². The van der Waals surface area contributed by atoms with Gasteiger partial charge in [0.05, 0.1) is 5.92 Å². The highest BCUT2D eigenvalue weighted by Gasteiger charge is 2.43. The standard InChI is InChI=1S/C14H24F3NO/c1-10(2)7-8-18(3)13(19)11-5-4-6-12(9-11)14(15,16)17/h10-12H,4-9H2,1-3H3/t11-,12-/m0/s1. The highest BCUT2D eigenvalue weighted by molar-refractivity contribution is 5.78. The van der Waals surface area contributed by atoms with Crippen molar-refractivity contribution in [3.05, 3.63) is 0 Å². The van der Waals surface area contributed by atoms with Gasteiger partial charge < -0.3 is 4.90 Å². The molecule has 1 fully saturated rings. The zero-order valence-corrected chi connectivity index (χ0v) is 12.0. The quantitative estimate of drug-likeness (QED) is 0.765. The molecule has 0 bridgehead atoms. The highest BCUT2D eigenvalue weighted by Crippen LogP contribution is 2.40. The van der Waals surface area contributed by atoms with Crippen molar-refractivity contribution in [2.75, 3.05) is 13.6 Å². The first kappa shape index (κ1) is 16.3. The van der Waals surface area contributed by atoms with Crippen molar-refractivity contribution in [3.8, 4) is 0 Å². The van der Waals surface area contributed by atoms with Crippen molar-refractivity contribution in [1.82, 2.24) is 4.90 Å². The number of rotatable bonds is 4. The fourth-order valence-corrected chi connectivity index (χ4v) is 2.59. The van der Waals surface area contributed by atoms with Gasteiger partial charge in [-0.2, -0.15) is 13.2 Å². The molecule has 112 valence electrons. The van der Waals surface area contributed by atoms with Crippen molar-refractivity contribution >= 4 is 5.91 Å². The van der Waals surface area contributed by atoms with Gasteiger partial charge in [0.1, 0.15) is 0 Å². The van der Waals surface area contributed by atoms with Gasteiger partial charge in [0.15, 0.2) is 0 Å². The number of halogens is 3. The number of alkyl halides is 3. The summed E-state index contributed by atoms with van der Waals surface area (Å²) in [5, 5.41) is 0. The van der Waals surface area contributed by atoms with E-state index in [-0.39, 0.29) is 18.7 Å². The molecule has 1 aliphatic rings.